The van der Waals surface area contributed by atoms with Gasteiger partial charge in [0.15, 0.2) is 0 Å². The van der Waals surface area contributed by atoms with Crippen LogP contribution in [-0.2, 0) is 19.4 Å². The summed E-state index contributed by atoms with van der Waals surface area (Å²) in [5.74, 6) is 0. The molecule has 2 aromatic rings. The molecule has 1 atom stereocenters. The zero-order chi connectivity index (χ0) is 16.1. The molecule has 4 nitrogen and oxygen atoms in total. The predicted octanol–water partition coefficient (Wildman–Crippen LogP) is 3.31. The molecule has 23 heavy (non-hydrogen) atoms. The van der Waals surface area contributed by atoms with Crippen molar-refractivity contribution in [2.45, 2.75) is 58.0 Å². The third kappa shape index (κ3) is 4.09. The highest BCUT2D eigenvalue weighted by Gasteiger charge is 2.23. The van der Waals surface area contributed by atoms with Crippen molar-refractivity contribution in [3.8, 4) is 0 Å². The summed E-state index contributed by atoms with van der Waals surface area (Å²) in [5, 5.41) is 4.97. The van der Waals surface area contributed by atoms with Gasteiger partial charge in [-0.25, -0.2) is 4.98 Å². The van der Waals surface area contributed by atoms with Crippen LogP contribution >= 0.6 is 11.3 Å². The zero-order valence-electron chi connectivity index (χ0n) is 13.8. The minimum atomic E-state index is 0.0918. The van der Waals surface area contributed by atoms with Crippen molar-refractivity contribution in [2.24, 2.45) is 0 Å². The lowest BCUT2D eigenvalue weighted by Crippen LogP contribution is -2.25. The molecular weight excluding hydrogens is 306 g/mol. The van der Waals surface area contributed by atoms with Crippen molar-refractivity contribution in [1.29, 1.82) is 0 Å². The highest BCUT2D eigenvalue weighted by atomic mass is 32.1. The number of fused-ring (bicyclic) bond motifs is 1. The number of pyridine rings is 1. The second kappa shape index (κ2) is 7.88. The number of aromatic nitrogens is 2. The predicted molar refractivity (Wildman–Crippen MR) is 95.1 cm³/mol. The third-order valence-electron chi connectivity index (χ3n) is 4.41. The van der Waals surface area contributed by atoms with Crippen molar-refractivity contribution in [3.05, 3.63) is 50.3 Å². The van der Waals surface area contributed by atoms with Gasteiger partial charge in [-0.3, -0.25) is 4.79 Å². The fourth-order valence-electron chi connectivity index (χ4n) is 3.15. The molecular formula is C18H25N3OS. The maximum absolute atomic E-state index is 11.6. The Morgan fingerprint density at radius 1 is 1.39 bits per heavy atom. The number of aryl methyl sites for hydroxylation is 3. The Morgan fingerprint density at radius 2 is 2.30 bits per heavy atom. The number of unbranched alkanes of at least 4 members (excludes halogenated alkanes) is 1. The summed E-state index contributed by atoms with van der Waals surface area (Å²) in [6.07, 6.45) is 8.61. The first kappa shape index (κ1) is 16.4. The maximum Gasteiger partial charge on any atom is 0.250 e. The number of nitrogens with one attached hydrogen (secondary N) is 1. The van der Waals surface area contributed by atoms with Gasteiger partial charge in [0.2, 0.25) is 5.56 Å². The smallest absolute Gasteiger partial charge is 0.250 e. The van der Waals surface area contributed by atoms with E-state index in [1.54, 1.807) is 16.7 Å². The molecule has 2 heterocycles. The molecule has 0 saturated heterocycles. The molecule has 1 N–H and O–H groups in total. The summed E-state index contributed by atoms with van der Waals surface area (Å²) >= 11 is 1.89. The van der Waals surface area contributed by atoms with E-state index in [4.69, 9.17) is 4.98 Å². The first-order chi connectivity index (χ1) is 11.3. The number of nitrogens with zero attached hydrogens (tertiary/aromatic N) is 2. The van der Waals surface area contributed by atoms with Crippen LogP contribution in [-0.4, -0.2) is 16.1 Å². The molecule has 0 aromatic carbocycles. The number of hydrogen-bond acceptors (Lipinski definition) is 4. The van der Waals surface area contributed by atoms with Gasteiger partial charge in [0.1, 0.15) is 0 Å². The molecule has 0 fully saturated rings. The molecule has 3 rings (SSSR count). The third-order valence-corrected chi connectivity index (χ3v) is 5.77. The maximum atomic E-state index is 11.6. The highest BCUT2D eigenvalue weighted by Crippen LogP contribution is 2.34. The molecule has 0 unspecified atom stereocenters. The molecule has 1 aliphatic carbocycles. The Bertz CT molecular complexity index is 692. The minimum absolute atomic E-state index is 0.0918. The van der Waals surface area contributed by atoms with Crippen LogP contribution in [0.3, 0.4) is 0 Å². The molecule has 0 bridgehead atoms. The van der Waals surface area contributed by atoms with Crippen molar-refractivity contribution < 1.29 is 0 Å². The van der Waals surface area contributed by atoms with E-state index in [2.05, 4.69) is 12.2 Å². The number of hydrogen-bond donors (Lipinski definition) is 1. The van der Waals surface area contributed by atoms with E-state index >= 15 is 0 Å². The average molecular weight is 331 g/mol. The Labute approximate surface area is 141 Å². The number of rotatable bonds is 7. The Balaban J connectivity index is 1.46. The van der Waals surface area contributed by atoms with Crippen LogP contribution in [0, 0.1) is 0 Å². The Kier molecular flexibility index (Phi) is 5.62. The van der Waals surface area contributed by atoms with Crippen LogP contribution in [0.2, 0.25) is 0 Å². The standard InChI is InChI=1S/C18H25N3OS/c1-2-16-20-15-9-7-8-14(18(15)23-16)19-11-4-6-13-21-12-5-3-10-17(21)22/h3,5,10,12,14,19H,2,4,6-9,11,13H2,1H3/t14-/m0/s1. The molecule has 0 saturated carbocycles. The summed E-state index contributed by atoms with van der Waals surface area (Å²) in [6.45, 7) is 3.99. The zero-order valence-corrected chi connectivity index (χ0v) is 14.6. The van der Waals surface area contributed by atoms with Crippen LogP contribution in [0.15, 0.2) is 29.2 Å². The molecule has 1 aliphatic rings. The lowest BCUT2D eigenvalue weighted by atomic mass is 9.98. The van der Waals surface area contributed by atoms with Crippen LogP contribution in [0.25, 0.3) is 0 Å². The average Bonchev–Trinajstić information content (AvgIpc) is 3.00. The van der Waals surface area contributed by atoms with Gasteiger partial charge in [0.05, 0.1) is 10.7 Å². The molecule has 0 radical (unpaired) electrons. The van der Waals surface area contributed by atoms with Crippen molar-refractivity contribution >= 4 is 11.3 Å². The van der Waals surface area contributed by atoms with Gasteiger partial charge in [0.25, 0.3) is 0 Å². The van der Waals surface area contributed by atoms with E-state index in [0.717, 1.165) is 38.8 Å². The first-order valence-corrected chi connectivity index (χ1v) is 9.47. The van der Waals surface area contributed by atoms with Crippen LogP contribution < -0.4 is 10.9 Å². The summed E-state index contributed by atoms with van der Waals surface area (Å²) in [4.78, 5) is 17.9. The van der Waals surface area contributed by atoms with Gasteiger partial charge >= 0.3 is 0 Å². The topological polar surface area (TPSA) is 46.9 Å². The van der Waals surface area contributed by atoms with Crippen molar-refractivity contribution in [1.82, 2.24) is 14.9 Å². The highest BCUT2D eigenvalue weighted by molar-refractivity contribution is 7.11. The van der Waals surface area contributed by atoms with E-state index < -0.39 is 0 Å². The van der Waals surface area contributed by atoms with E-state index in [9.17, 15) is 4.79 Å². The molecule has 0 amide bonds. The minimum Gasteiger partial charge on any atom is -0.316 e. The molecule has 5 heteroatoms. The van der Waals surface area contributed by atoms with E-state index in [0.29, 0.717) is 6.04 Å². The number of thiazole rings is 1. The molecule has 2 aromatic heterocycles. The van der Waals surface area contributed by atoms with Gasteiger partial charge in [-0.05, 0) is 51.1 Å². The van der Waals surface area contributed by atoms with E-state index in [1.165, 1.54) is 28.4 Å². The summed E-state index contributed by atoms with van der Waals surface area (Å²) in [6, 6.07) is 5.81. The second-order valence-electron chi connectivity index (χ2n) is 6.11. The Morgan fingerprint density at radius 3 is 3.13 bits per heavy atom. The quantitative estimate of drug-likeness (QED) is 0.792. The molecule has 124 valence electrons. The fourth-order valence-corrected chi connectivity index (χ4v) is 4.31. The van der Waals surface area contributed by atoms with Gasteiger partial charge in [0, 0.05) is 29.7 Å². The Hall–Kier alpha value is -1.46. The molecule has 0 spiro atoms. The van der Waals surface area contributed by atoms with Crippen molar-refractivity contribution in [3.63, 3.8) is 0 Å². The lowest BCUT2D eigenvalue weighted by Gasteiger charge is -2.22. The largest absolute Gasteiger partial charge is 0.316 e. The fraction of sp³-hybridized carbons (Fsp3) is 0.556. The van der Waals surface area contributed by atoms with Gasteiger partial charge in [-0.2, -0.15) is 0 Å². The van der Waals surface area contributed by atoms with Crippen LogP contribution in [0.4, 0.5) is 0 Å². The van der Waals surface area contributed by atoms with Crippen LogP contribution in [0.5, 0.6) is 0 Å². The summed E-state index contributed by atoms with van der Waals surface area (Å²) in [7, 11) is 0. The SMILES string of the molecule is CCc1nc2c(s1)[C@@H](NCCCCn1ccccc1=O)CCC2. The van der Waals surface area contributed by atoms with Gasteiger partial charge in [-0.1, -0.05) is 13.0 Å². The second-order valence-corrected chi connectivity index (χ2v) is 7.23. The van der Waals surface area contributed by atoms with Crippen LogP contribution in [0.1, 0.15) is 54.2 Å². The van der Waals surface area contributed by atoms with Gasteiger partial charge in [-0.15, -0.1) is 11.3 Å². The first-order valence-electron chi connectivity index (χ1n) is 8.65. The lowest BCUT2D eigenvalue weighted by molar-refractivity contribution is 0.449. The molecule has 0 aliphatic heterocycles. The monoisotopic (exact) mass is 331 g/mol. The normalized spacial score (nSPS) is 17.2. The summed E-state index contributed by atoms with van der Waals surface area (Å²) in [5.41, 5.74) is 1.42. The summed E-state index contributed by atoms with van der Waals surface area (Å²) < 4.78 is 1.79. The van der Waals surface area contributed by atoms with Gasteiger partial charge < -0.3 is 9.88 Å². The van der Waals surface area contributed by atoms with E-state index in [-0.39, 0.29) is 5.56 Å². The van der Waals surface area contributed by atoms with Crippen molar-refractivity contribution in [2.75, 3.05) is 6.54 Å². The van der Waals surface area contributed by atoms with E-state index in [1.807, 2.05) is 23.6 Å².